The number of benzene rings is 1. The van der Waals surface area contributed by atoms with Crippen molar-refractivity contribution in [1.82, 2.24) is 9.97 Å². The van der Waals surface area contributed by atoms with Crippen molar-refractivity contribution in [3.05, 3.63) is 49.3 Å². The Balaban J connectivity index is 2.58. The van der Waals surface area contributed by atoms with Crippen LogP contribution < -0.4 is 10.1 Å². The molecule has 0 unspecified atom stereocenters. The van der Waals surface area contributed by atoms with Gasteiger partial charge in [-0.25, -0.2) is 9.97 Å². The number of aromatic nitrogens is 2. The molecule has 0 aliphatic carbocycles. The van der Waals surface area contributed by atoms with Crippen LogP contribution in [0, 0.1) is 20.2 Å². The number of halogens is 7. The van der Waals surface area contributed by atoms with Gasteiger partial charge in [-0.2, -0.15) is 26.3 Å². The van der Waals surface area contributed by atoms with Gasteiger partial charge in [0.1, 0.15) is 17.2 Å². The summed E-state index contributed by atoms with van der Waals surface area (Å²) in [4.78, 5) is 26.6. The van der Waals surface area contributed by atoms with E-state index in [9.17, 15) is 46.6 Å². The molecule has 162 valence electrons. The molecular weight excluding hydrogens is 456 g/mol. The highest BCUT2D eigenvalue weighted by Crippen LogP contribution is 2.48. The maximum atomic E-state index is 13.0. The van der Waals surface area contributed by atoms with Crippen molar-refractivity contribution in [2.45, 2.75) is 12.4 Å². The summed E-state index contributed by atoms with van der Waals surface area (Å²) in [7, 11) is 0. The molecule has 1 heterocycles. The van der Waals surface area contributed by atoms with Gasteiger partial charge in [0.25, 0.3) is 0 Å². The first-order chi connectivity index (χ1) is 13.7. The van der Waals surface area contributed by atoms with E-state index in [1.807, 2.05) is 5.32 Å². The van der Waals surface area contributed by atoms with Crippen LogP contribution in [0.1, 0.15) is 5.56 Å². The first-order valence-corrected chi connectivity index (χ1v) is 7.59. The average Bonchev–Trinajstić information content (AvgIpc) is 2.58. The van der Waals surface area contributed by atoms with Gasteiger partial charge in [0.15, 0.2) is 12.3 Å². The monoisotopic (exact) mass is 461 g/mol. The van der Waals surface area contributed by atoms with E-state index < -0.39 is 68.2 Å². The van der Waals surface area contributed by atoms with Crippen LogP contribution in [0.4, 0.5) is 49.2 Å². The molecule has 0 aliphatic rings. The molecular formula is C13H6ClF6N5O5. The third-order valence-corrected chi connectivity index (χ3v) is 3.56. The summed E-state index contributed by atoms with van der Waals surface area (Å²) < 4.78 is 80.1. The first-order valence-electron chi connectivity index (χ1n) is 7.22. The highest BCUT2D eigenvalue weighted by molar-refractivity contribution is 6.34. The van der Waals surface area contributed by atoms with Gasteiger partial charge in [0, 0.05) is 12.1 Å². The quantitative estimate of drug-likeness (QED) is 0.373. The number of rotatable bonds is 6. The second-order valence-corrected chi connectivity index (χ2v) is 5.64. The predicted molar refractivity (Wildman–Crippen MR) is 86.6 cm³/mol. The van der Waals surface area contributed by atoms with Gasteiger partial charge >= 0.3 is 23.7 Å². The van der Waals surface area contributed by atoms with Crippen molar-refractivity contribution in [1.29, 1.82) is 0 Å². The number of anilines is 2. The zero-order chi connectivity index (χ0) is 22.9. The SMILES string of the molecule is O=[N+]([O-])c1cc(C(F)(F)F)c(Cl)c([N+](=O)[O-])c1Nc1cc(OCC(F)(F)F)ncn1. The fraction of sp³-hybridized carbons (Fsp3) is 0.231. The molecule has 0 bridgehead atoms. The van der Waals surface area contributed by atoms with Gasteiger partial charge in [-0.15, -0.1) is 0 Å². The molecule has 0 radical (unpaired) electrons. The van der Waals surface area contributed by atoms with Crippen molar-refractivity contribution < 1.29 is 40.9 Å². The van der Waals surface area contributed by atoms with Gasteiger partial charge in [0.05, 0.1) is 15.4 Å². The molecule has 0 spiro atoms. The second-order valence-electron chi connectivity index (χ2n) is 5.26. The summed E-state index contributed by atoms with van der Waals surface area (Å²) in [5.41, 5.74) is -5.78. The number of nitrogens with one attached hydrogen (secondary N) is 1. The molecule has 0 atom stereocenters. The van der Waals surface area contributed by atoms with Crippen molar-refractivity contribution in [2.24, 2.45) is 0 Å². The second kappa shape index (κ2) is 8.13. The van der Waals surface area contributed by atoms with E-state index in [1.165, 1.54) is 0 Å². The van der Waals surface area contributed by atoms with Gasteiger partial charge in [0.2, 0.25) is 5.88 Å². The number of hydrogen-bond donors (Lipinski definition) is 1. The Morgan fingerprint density at radius 2 is 1.70 bits per heavy atom. The fourth-order valence-corrected chi connectivity index (χ4v) is 2.37. The molecule has 0 amide bonds. The minimum Gasteiger partial charge on any atom is -0.468 e. The number of nitrogens with zero attached hydrogens (tertiary/aromatic N) is 4. The zero-order valence-electron chi connectivity index (χ0n) is 13.9. The number of nitro groups is 2. The molecule has 0 saturated carbocycles. The summed E-state index contributed by atoms with van der Waals surface area (Å²) in [6.07, 6.45) is -9.33. The molecule has 0 saturated heterocycles. The summed E-state index contributed by atoms with van der Waals surface area (Å²) in [6.45, 7) is -1.75. The van der Waals surface area contributed by atoms with Crippen LogP contribution in [0.2, 0.25) is 5.02 Å². The molecule has 2 aromatic rings. The van der Waals surface area contributed by atoms with Crippen LogP contribution in [0.3, 0.4) is 0 Å². The fourth-order valence-electron chi connectivity index (χ4n) is 2.05. The molecule has 1 aromatic carbocycles. The molecule has 1 N–H and O–H groups in total. The Morgan fingerprint density at radius 1 is 1.07 bits per heavy atom. The largest absolute Gasteiger partial charge is 0.468 e. The zero-order valence-corrected chi connectivity index (χ0v) is 14.7. The molecule has 0 fully saturated rings. The Morgan fingerprint density at radius 3 is 2.20 bits per heavy atom. The minimum absolute atomic E-state index is 0.0279. The lowest BCUT2D eigenvalue weighted by molar-refractivity contribution is -0.392. The van der Waals surface area contributed by atoms with Gasteiger partial charge in [-0.05, 0) is 0 Å². The first kappa shape index (κ1) is 22.9. The van der Waals surface area contributed by atoms with E-state index in [2.05, 4.69) is 14.7 Å². The summed E-state index contributed by atoms with van der Waals surface area (Å²) in [5, 5.41) is 23.1. The van der Waals surface area contributed by atoms with E-state index in [4.69, 9.17) is 11.6 Å². The highest BCUT2D eigenvalue weighted by Gasteiger charge is 2.42. The number of alkyl halides is 6. The molecule has 30 heavy (non-hydrogen) atoms. The van der Waals surface area contributed by atoms with Crippen molar-refractivity contribution >= 4 is 34.5 Å². The van der Waals surface area contributed by atoms with Crippen LogP contribution in [0.5, 0.6) is 5.88 Å². The smallest absolute Gasteiger partial charge is 0.422 e. The maximum absolute atomic E-state index is 13.0. The Bertz CT molecular complexity index is 1000. The van der Waals surface area contributed by atoms with E-state index in [0.29, 0.717) is 12.4 Å². The summed E-state index contributed by atoms with van der Waals surface area (Å²) >= 11 is 5.46. The third-order valence-electron chi connectivity index (χ3n) is 3.18. The Labute approximate surface area is 165 Å². The maximum Gasteiger partial charge on any atom is 0.422 e. The van der Waals surface area contributed by atoms with Crippen LogP contribution in [0.25, 0.3) is 0 Å². The number of ether oxygens (including phenoxy) is 1. The molecule has 1 aromatic heterocycles. The van der Waals surface area contributed by atoms with Crippen LogP contribution in [0.15, 0.2) is 18.5 Å². The van der Waals surface area contributed by atoms with Crippen LogP contribution in [-0.2, 0) is 6.18 Å². The average molecular weight is 462 g/mol. The van der Waals surface area contributed by atoms with Crippen molar-refractivity contribution in [3.8, 4) is 5.88 Å². The topological polar surface area (TPSA) is 133 Å². The van der Waals surface area contributed by atoms with E-state index in [0.717, 1.165) is 0 Å². The number of nitro benzene ring substituents is 2. The minimum atomic E-state index is -5.25. The lowest BCUT2D eigenvalue weighted by Crippen LogP contribution is -2.19. The summed E-state index contributed by atoms with van der Waals surface area (Å²) in [5.74, 6) is -1.22. The normalized spacial score (nSPS) is 11.8. The van der Waals surface area contributed by atoms with E-state index in [1.54, 1.807) is 0 Å². The number of hydrogen-bond acceptors (Lipinski definition) is 8. The van der Waals surface area contributed by atoms with Crippen LogP contribution >= 0.6 is 11.6 Å². The van der Waals surface area contributed by atoms with Crippen molar-refractivity contribution in [3.63, 3.8) is 0 Å². The highest BCUT2D eigenvalue weighted by atomic mass is 35.5. The molecule has 0 aliphatic heterocycles. The molecule has 10 nitrogen and oxygen atoms in total. The van der Waals surface area contributed by atoms with Gasteiger partial charge in [-0.3, -0.25) is 20.2 Å². The van der Waals surface area contributed by atoms with Crippen LogP contribution in [-0.4, -0.2) is 32.6 Å². The van der Waals surface area contributed by atoms with Crippen molar-refractivity contribution in [2.75, 3.05) is 11.9 Å². The standard InChI is InChI=1S/C13H6ClF6N5O5/c14-9-5(13(18,19)20)1-6(24(26)27)10(11(9)25(28)29)23-7-2-8(22-4-21-7)30-3-12(15,16)17/h1-2,4H,3H2,(H,21,22,23). The summed E-state index contributed by atoms with van der Waals surface area (Å²) in [6, 6.07) is 0.657. The third kappa shape index (κ3) is 5.34. The van der Waals surface area contributed by atoms with E-state index in [-0.39, 0.29) is 6.07 Å². The lowest BCUT2D eigenvalue weighted by atomic mass is 10.1. The Hall–Kier alpha value is -3.43. The van der Waals surface area contributed by atoms with Gasteiger partial charge in [-0.1, -0.05) is 11.6 Å². The molecule has 17 heteroatoms. The lowest BCUT2D eigenvalue weighted by Gasteiger charge is -2.13. The predicted octanol–water partition coefficient (Wildman–Crippen LogP) is 4.65. The van der Waals surface area contributed by atoms with Gasteiger partial charge < -0.3 is 10.1 Å². The van der Waals surface area contributed by atoms with E-state index >= 15 is 0 Å². The Kier molecular flexibility index (Phi) is 6.19. The molecule has 2 rings (SSSR count).